The van der Waals surface area contributed by atoms with Crippen molar-refractivity contribution in [3.63, 3.8) is 0 Å². The number of isocyanates is 1. The standard InChI is InChI=1S/C7H13NO4.CHNO/c1-11-6(9)4-3-5(8)7(10)12-2;2-1-3/h5H,3-4,8H2,1-2H3;2H. The minimum Gasteiger partial charge on any atom is -0.469 e. The van der Waals surface area contributed by atoms with Crippen LogP contribution in [0.15, 0.2) is 0 Å². The molecule has 7 heteroatoms. The lowest BCUT2D eigenvalue weighted by molar-refractivity contribution is -0.143. The third-order valence-electron chi connectivity index (χ3n) is 1.39. The molecule has 7 nitrogen and oxygen atoms in total. The van der Waals surface area contributed by atoms with Gasteiger partial charge in [0.1, 0.15) is 6.04 Å². The molecule has 0 amide bonds. The summed E-state index contributed by atoms with van der Waals surface area (Å²) in [5.41, 5.74) is 5.35. The average molecular weight is 218 g/mol. The van der Waals surface area contributed by atoms with Crippen LogP contribution in [0.3, 0.4) is 0 Å². The SMILES string of the molecule is COC(=O)CCC(N)C(=O)OC.N=C=O. The van der Waals surface area contributed by atoms with E-state index in [2.05, 4.69) is 9.47 Å². The van der Waals surface area contributed by atoms with Crippen LogP contribution in [-0.4, -0.2) is 38.3 Å². The van der Waals surface area contributed by atoms with Crippen LogP contribution in [0.2, 0.25) is 0 Å². The molecule has 0 fully saturated rings. The third-order valence-corrected chi connectivity index (χ3v) is 1.39. The number of rotatable bonds is 4. The molecule has 0 aromatic carbocycles. The van der Waals surface area contributed by atoms with Crippen LogP contribution in [-0.2, 0) is 23.9 Å². The number of nitrogens with two attached hydrogens (primary N) is 1. The van der Waals surface area contributed by atoms with Gasteiger partial charge in [0.2, 0.25) is 6.08 Å². The van der Waals surface area contributed by atoms with Gasteiger partial charge >= 0.3 is 11.9 Å². The van der Waals surface area contributed by atoms with Gasteiger partial charge in [-0.3, -0.25) is 9.59 Å². The zero-order chi connectivity index (χ0) is 12.3. The van der Waals surface area contributed by atoms with Crippen LogP contribution in [0.25, 0.3) is 0 Å². The normalized spacial score (nSPS) is 10.1. The summed E-state index contributed by atoms with van der Waals surface area (Å²) in [6.45, 7) is 0. The number of methoxy groups -OCH3 is 2. The van der Waals surface area contributed by atoms with Crippen molar-refractivity contribution >= 4 is 18.0 Å². The van der Waals surface area contributed by atoms with Crippen molar-refractivity contribution in [3.05, 3.63) is 0 Å². The van der Waals surface area contributed by atoms with Crippen LogP contribution < -0.4 is 5.73 Å². The number of hydrogen-bond acceptors (Lipinski definition) is 7. The summed E-state index contributed by atoms with van der Waals surface area (Å²) in [5, 5.41) is 5.40. The molecule has 0 aromatic rings. The summed E-state index contributed by atoms with van der Waals surface area (Å²) in [5.74, 6) is -0.895. The van der Waals surface area contributed by atoms with E-state index in [9.17, 15) is 9.59 Å². The minimum atomic E-state index is -0.742. The fraction of sp³-hybridized carbons (Fsp3) is 0.625. The Kier molecular flexibility index (Phi) is 10.9. The highest BCUT2D eigenvalue weighted by molar-refractivity contribution is 5.76. The zero-order valence-corrected chi connectivity index (χ0v) is 8.61. The lowest BCUT2D eigenvalue weighted by Gasteiger charge is -2.07. The molecule has 3 N–H and O–H groups in total. The Morgan fingerprint density at radius 3 is 2.20 bits per heavy atom. The Morgan fingerprint density at radius 2 is 1.87 bits per heavy atom. The van der Waals surface area contributed by atoms with Crippen molar-refractivity contribution in [2.45, 2.75) is 18.9 Å². The molecule has 0 rings (SSSR count). The summed E-state index contributed by atoms with van der Waals surface area (Å²) in [6.07, 6.45) is 1.13. The smallest absolute Gasteiger partial charge is 0.322 e. The van der Waals surface area contributed by atoms with Gasteiger partial charge in [-0.2, -0.15) is 0 Å². The summed E-state index contributed by atoms with van der Waals surface area (Å²) < 4.78 is 8.73. The van der Waals surface area contributed by atoms with Crippen LogP contribution in [0.1, 0.15) is 12.8 Å². The van der Waals surface area contributed by atoms with Crippen LogP contribution in [0.4, 0.5) is 0 Å². The second-order valence-electron chi connectivity index (χ2n) is 2.35. The summed E-state index contributed by atoms with van der Waals surface area (Å²) in [7, 11) is 2.53. The molecular weight excluding hydrogens is 204 g/mol. The molecule has 0 spiro atoms. The highest BCUT2D eigenvalue weighted by atomic mass is 16.5. The van der Waals surface area contributed by atoms with Crippen molar-refractivity contribution in [3.8, 4) is 0 Å². The molecule has 0 bridgehead atoms. The van der Waals surface area contributed by atoms with E-state index in [0.717, 1.165) is 6.08 Å². The lowest BCUT2D eigenvalue weighted by Crippen LogP contribution is -2.32. The Morgan fingerprint density at radius 1 is 1.40 bits per heavy atom. The first-order valence-electron chi connectivity index (χ1n) is 3.97. The first kappa shape index (κ1) is 15.7. The summed E-state index contributed by atoms with van der Waals surface area (Å²) in [6, 6.07) is -0.742. The van der Waals surface area contributed by atoms with E-state index in [0.29, 0.717) is 0 Å². The van der Waals surface area contributed by atoms with Crippen molar-refractivity contribution in [1.82, 2.24) is 0 Å². The molecule has 0 aliphatic carbocycles. The molecule has 0 aliphatic rings. The topological polar surface area (TPSA) is 120 Å². The Bertz CT molecular complexity index is 235. The van der Waals surface area contributed by atoms with Crippen molar-refractivity contribution in [2.24, 2.45) is 5.73 Å². The van der Waals surface area contributed by atoms with E-state index in [1.54, 1.807) is 0 Å². The van der Waals surface area contributed by atoms with Crippen molar-refractivity contribution < 1.29 is 23.9 Å². The van der Waals surface area contributed by atoms with Gasteiger partial charge in [0.15, 0.2) is 0 Å². The molecule has 1 unspecified atom stereocenters. The molecule has 0 radical (unpaired) electrons. The first-order chi connectivity index (χ1) is 7.03. The van der Waals surface area contributed by atoms with E-state index >= 15 is 0 Å². The van der Waals surface area contributed by atoms with Gasteiger partial charge in [0.05, 0.1) is 14.2 Å². The van der Waals surface area contributed by atoms with E-state index < -0.39 is 12.0 Å². The molecule has 15 heavy (non-hydrogen) atoms. The number of hydrogen-bond donors (Lipinski definition) is 2. The second-order valence-corrected chi connectivity index (χ2v) is 2.35. The van der Waals surface area contributed by atoms with Crippen LogP contribution >= 0.6 is 0 Å². The molecule has 0 aromatic heterocycles. The lowest BCUT2D eigenvalue weighted by atomic mass is 10.2. The van der Waals surface area contributed by atoms with Gasteiger partial charge in [-0.1, -0.05) is 0 Å². The molecule has 0 saturated carbocycles. The van der Waals surface area contributed by atoms with Crippen LogP contribution in [0.5, 0.6) is 0 Å². The Hall–Kier alpha value is -1.72. The highest BCUT2D eigenvalue weighted by Crippen LogP contribution is 1.97. The van der Waals surface area contributed by atoms with Crippen LogP contribution in [0, 0.1) is 5.41 Å². The quantitative estimate of drug-likeness (QED) is 0.367. The zero-order valence-electron chi connectivity index (χ0n) is 8.61. The highest BCUT2D eigenvalue weighted by Gasteiger charge is 2.14. The van der Waals surface area contributed by atoms with Crippen molar-refractivity contribution in [2.75, 3.05) is 14.2 Å². The Balaban J connectivity index is 0. The molecule has 0 aliphatic heterocycles. The van der Waals surface area contributed by atoms with Gasteiger partial charge in [0, 0.05) is 6.42 Å². The third kappa shape index (κ3) is 10.2. The Labute approximate surface area is 87.0 Å². The van der Waals surface area contributed by atoms with Gasteiger partial charge in [0.25, 0.3) is 0 Å². The number of carbonyl (C=O) groups excluding carboxylic acids is 3. The van der Waals surface area contributed by atoms with Gasteiger partial charge in [-0.25, -0.2) is 10.2 Å². The largest absolute Gasteiger partial charge is 0.469 e. The van der Waals surface area contributed by atoms with E-state index in [4.69, 9.17) is 15.9 Å². The van der Waals surface area contributed by atoms with E-state index in [1.165, 1.54) is 14.2 Å². The summed E-state index contributed by atoms with van der Waals surface area (Å²) in [4.78, 5) is 29.7. The molecule has 1 atom stereocenters. The fourth-order valence-electron chi connectivity index (χ4n) is 0.645. The number of nitrogens with one attached hydrogen (secondary N) is 1. The maximum absolute atomic E-state index is 10.7. The summed E-state index contributed by atoms with van der Waals surface area (Å²) >= 11 is 0. The number of ether oxygens (including phenoxy) is 2. The van der Waals surface area contributed by atoms with E-state index in [-0.39, 0.29) is 18.8 Å². The van der Waals surface area contributed by atoms with Gasteiger partial charge < -0.3 is 15.2 Å². The molecular formula is C8H14N2O5. The van der Waals surface area contributed by atoms with Crippen molar-refractivity contribution in [1.29, 1.82) is 5.41 Å². The number of carbonyl (C=O) groups is 2. The first-order valence-corrected chi connectivity index (χ1v) is 3.97. The second kappa shape index (κ2) is 10.4. The molecule has 0 heterocycles. The predicted octanol–water partition coefficient (Wildman–Crippen LogP) is -0.659. The monoisotopic (exact) mass is 218 g/mol. The van der Waals surface area contributed by atoms with E-state index in [1.807, 2.05) is 0 Å². The minimum absolute atomic E-state index is 0.132. The number of esters is 2. The maximum atomic E-state index is 10.7. The average Bonchev–Trinajstić information content (AvgIpc) is 2.25. The van der Waals surface area contributed by atoms with Gasteiger partial charge in [-0.15, -0.1) is 0 Å². The maximum Gasteiger partial charge on any atom is 0.322 e. The fourth-order valence-corrected chi connectivity index (χ4v) is 0.645. The molecule has 86 valence electrons. The molecule has 0 saturated heterocycles. The predicted molar refractivity (Wildman–Crippen MR) is 49.7 cm³/mol. The van der Waals surface area contributed by atoms with Gasteiger partial charge in [-0.05, 0) is 6.42 Å².